The van der Waals surface area contributed by atoms with Crippen molar-refractivity contribution >= 4 is 49.8 Å². The van der Waals surface area contributed by atoms with Crippen LogP contribution in [0, 0.1) is 0 Å². The molecule has 1 aliphatic carbocycles. The Hall–Kier alpha value is -8.72. The van der Waals surface area contributed by atoms with Crippen LogP contribution in [0.15, 0.2) is 265 Å². The van der Waals surface area contributed by atoms with Crippen molar-refractivity contribution in [2.45, 2.75) is 5.41 Å². The fraction of sp³-hybridized carbons (Fsp3) is 0.0154. The molecular formula is C65H43NO. The first kappa shape index (κ1) is 38.7. The highest BCUT2D eigenvalue weighted by Crippen LogP contribution is 2.59. The molecule has 1 aromatic heterocycles. The molecule has 0 fully saturated rings. The van der Waals surface area contributed by atoms with E-state index in [1.54, 1.807) is 0 Å². The fourth-order valence-corrected chi connectivity index (χ4v) is 11.0. The number of hydrogen-bond donors (Lipinski definition) is 0. The third kappa shape index (κ3) is 6.26. The quantitative estimate of drug-likeness (QED) is 0.151. The van der Waals surface area contributed by atoms with Crippen molar-refractivity contribution in [1.82, 2.24) is 0 Å². The zero-order valence-corrected chi connectivity index (χ0v) is 36.7. The second-order valence-electron chi connectivity index (χ2n) is 17.6. The number of rotatable bonds is 8. The molecule has 0 bridgehead atoms. The summed E-state index contributed by atoms with van der Waals surface area (Å²) in [5, 5.41) is 4.76. The lowest BCUT2D eigenvalue weighted by atomic mass is 9.68. The van der Waals surface area contributed by atoms with Gasteiger partial charge in [-0.15, -0.1) is 0 Å². The predicted octanol–water partition coefficient (Wildman–Crippen LogP) is 17.6. The van der Waals surface area contributed by atoms with Crippen molar-refractivity contribution in [3.63, 3.8) is 0 Å². The van der Waals surface area contributed by atoms with Gasteiger partial charge in [0.2, 0.25) is 0 Å². The third-order valence-corrected chi connectivity index (χ3v) is 13.9. The van der Waals surface area contributed by atoms with E-state index in [0.717, 1.165) is 55.7 Å². The van der Waals surface area contributed by atoms with Gasteiger partial charge in [-0.2, -0.15) is 0 Å². The molecule has 2 nitrogen and oxygen atoms in total. The van der Waals surface area contributed by atoms with Gasteiger partial charge in [-0.05, 0) is 127 Å². The molecule has 12 aromatic rings. The highest BCUT2D eigenvalue weighted by Gasteiger charge is 2.47. The zero-order chi connectivity index (χ0) is 44.3. The van der Waals surface area contributed by atoms with Crippen LogP contribution in [-0.4, -0.2) is 0 Å². The van der Waals surface area contributed by atoms with Gasteiger partial charge >= 0.3 is 0 Å². The molecule has 11 aromatic carbocycles. The van der Waals surface area contributed by atoms with E-state index in [0.29, 0.717) is 0 Å². The molecular weight excluding hydrogens is 811 g/mol. The first-order valence-electron chi connectivity index (χ1n) is 23.1. The van der Waals surface area contributed by atoms with Crippen molar-refractivity contribution < 1.29 is 4.42 Å². The van der Waals surface area contributed by atoms with Gasteiger partial charge in [0, 0.05) is 27.7 Å². The van der Waals surface area contributed by atoms with Gasteiger partial charge in [-0.1, -0.05) is 206 Å². The highest BCUT2D eigenvalue weighted by atomic mass is 16.3. The highest BCUT2D eigenvalue weighted by molar-refractivity contribution is 6.06. The van der Waals surface area contributed by atoms with Crippen LogP contribution >= 0.6 is 0 Å². The molecule has 0 amide bonds. The van der Waals surface area contributed by atoms with Crippen LogP contribution in [0.5, 0.6) is 0 Å². The molecule has 13 rings (SSSR count). The third-order valence-electron chi connectivity index (χ3n) is 13.9. The normalized spacial score (nSPS) is 12.6. The molecule has 0 radical (unpaired) electrons. The van der Waals surface area contributed by atoms with E-state index in [9.17, 15) is 0 Å². The van der Waals surface area contributed by atoms with Gasteiger partial charge in [0.15, 0.2) is 0 Å². The Kier molecular flexibility index (Phi) is 9.11. The number of benzene rings is 11. The van der Waals surface area contributed by atoms with Gasteiger partial charge < -0.3 is 9.32 Å². The Labute approximate surface area is 390 Å². The first-order chi connectivity index (χ1) is 33.2. The lowest BCUT2D eigenvalue weighted by Crippen LogP contribution is -2.28. The minimum atomic E-state index is -0.529. The Bertz CT molecular complexity index is 3760. The summed E-state index contributed by atoms with van der Waals surface area (Å²) in [4.78, 5) is 2.46. The molecule has 67 heavy (non-hydrogen) atoms. The molecule has 314 valence electrons. The van der Waals surface area contributed by atoms with E-state index < -0.39 is 5.41 Å². The maximum atomic E-state index is 6.33. The second-order valence-corrected chi connectivity index (χ2v) is 17.6. The average molecular weight is 854 g/mol. The monoisotopic (exact) mass is 853 g/mol. The van der Waals surface area contributed by atoms with Gasteiger partial charge in [-0.25, -0.2) is 0 Å². The minimum Gasteiger partial charge on any atom is -0.456 e. The zero-order valence-electron chi connectivity index (χ0n) is 36.7. The molecule has 0 saturated carbocycles. The van der Waals surface area contributed by atoms with Gasteiger partial charge in [0.25, 0.3) is 0 Å². The Morgan fingerprint density at radius 3 is 1.70 bits per heavy atom. The van der Waals surface area contributed by atoms with Crippen LogP contribution in [-0.2, 0) is 5.41 Å². The summed E-state index contributed by atoms with van der Waals surface area (Å²) in [6.07, 6.45) is 0. The Balaban J connectivity index is 1.00. The van der Waals surface area contributed by atoms with Crippen molar-refractivity contribution in [3.8, 4) is 44.5 Å². The summed E-state index contributed by atoms with van der Waals surface area (Å²) in [5.41, 5.74) is 19.0. The molecule has 0 aliphatic heterocycles. The average Bonchev–Trinajstić information content (AvgIpc) is 3.93. The summed E-state index contributed by atoms with van der Waals surface area (Å²) in [6.45, 7) is 0. The Morgan fingerprint density at radius 2 is 0.881 bits per heavy atom. The number of anilines is 3. The van der Waals surface area contributed by atoms with E-state index in [4.69, 9.17) is 4.42 Å². The van der Waals surface area contributed by atoms with Crippen LogP contribution in [0.4, 0.5) is 17.1 Å². The first-order valence-corrected chi connectivity index (χ1v) is 23.1. The maximum absolute atomic E-state index is 6.33. The van der Waals surface area contributed by atoms with E-state index >= 15 is 0 Å². The maximum Gasteiger partial charge on any atom is 0.136 e. The van der Waals surface area contributed by atoms with Crippen LogP contribution < -0.4 is 4.90 Å². The number of furan rings is 1. The summed E-state index contributed by atoms with van der Waals surface area (Å²) in [5.74, 6) is 0. The number of para-hydroxylation sites is 1. The predicted molar refractivity (Wildman–Crippen MR) is 280 cm³/mol. The number of hydrogen-bond acceptors (Lipinski definition) is 2. The summed E-state index contributed by atoms with van der Waals surface area (Å²) >= 11 is 0. The van der Waals surface area contributed by atoms with Crippen LogP contribution in [0.25, 0.3) is 77.2 Å². The molecule has 0 atom stereocenters. The standard InChI is InChI=1S/C65H43NO/c1-3-22-50(23-4-1)65(51-24-5-2-6-25-51)59-31-11-9-29-58(59)64-60(65)32-16-33-61(64)66(52-38-35-44(36-39-52)48-37-40-57-56-28-10-12-34-62(56)67-63(57)43-48)53-26-14-20-47(42-53)46-19-13-21-49(41-46)55-30-15-18-45-17-7-8-27-54(45)55/h1-43H. The second kappa shape index (κ2) is 15.8. The topological polar surface area (TPSA) is 16.4 Å². The molecule has 2 heteroatoms. The lowest BCUT2D eigenvalue weighted by Gasteiger charge is -2.34. The van der Waals surface area contributed by atoms with Gasteiger partial charge in [0.05, 0.1) is 11.1 Å². The van der Waals surface area contributed by atoms with Gasteiger partial charge in [-0.3, -0.25) is 0 Å². The van der Waals surface area contributed by atoms with E-state index in [2.05, 4.69) is 254 Å². The van der Waals surface area contributed by atoms with Crippen LogP contribution in [0.1, 0.15) is 22.3 Å². The van der Waals surface area contributed by atoms with Crippen molar-refractivity contribution in [2.75, 3.05) is 4.90 Å². The van der Waals surface area contributed by atoms with E-state index in [-0.39, 0.29) is 0 Å². The largest absolute Gasteiger partial charge is 0.456 e. The van der Waals surface area contributed by atoms with Crippen molar-refractivity contribution in [1.29, 1.82) is 0 Å². The number of fused-ring (bicyclic) bond motifs is 7. The minimum absolute atomic E-state index is 0.529. The fourth-order valence-electron chi connectivity index (χ4n) is 11.0. The van der Waals surface area contributed by atoms with Gasteiger partial charge in [0.1, 0.15) is 11.2 Å². The molecule has 0 N–H and O–H groups in total. The molecule has 0 saturated heterocycles. The Morgan fingerprint density at radius 1 is 0.313 bits per heavy atom. The van der Waals surface area contributed by atoms with Crippen molar-refractivity contribution in [2.24, 2.45) is 0 Å². The molecule has 1 aliphatic rings. The number of nitrogens with zero attached hydrogens (tertiary/aromatic N) is 1. The molecule has 0 unspecified atom stereocenters. The summed E-state index contributed by atoms with van der Waals surface area (Å²) in [6, 6.07) is 95.2. The summed E-state index contributed by atoms with van der Waals surface area (Å²) < 4.78 is 6.33. The SMILES string of the molecule is c1ccc(C2(c3ccccc3)c3ccccc3-c3c(N(c4ccc(-c5ccc6c(c5)oc5ccccc56)cc4)c4cccc(-c5cccc(-c6cccc7ccccc67)c5)c4)cccc32)cc1. The smallest absolute Gasteiger partial charge is 0.136 e. The summed E-state index contributed by atoms with van der Waals surface area (Å²) in [7, 11) is 0. The van der Waals surface area contributed by atoms with Crippen molar-refractivity contribution in [3.05, 3.63) is 283 Å². The van der Waals surface area contributed by atoms with Crippen LogP contribution in [0.3, 0.4) is 0 Å². The van der Waals surface area contributed by atoms with E-state index in [1.807, 2.05) is 12.1 Å². The molecule has 0 spiro atoms. The lowest BCUT2D eigenvalue weighted by molar-refractivity contribution is 0.669. The van der Waals surface area contributed by atoms with Crippen LogP contribution in [0.2, 0.25) is 0 Å². The van der Waals surface area contributed by atoms with E-state index in [1.165, 1.54) is 60.8 Å². The molecule has 1 heterocycles.